The van der Waals surface area contributed by atoms with Crippen molar-refractivity contribution in [3.8, 4) is 0 Å². The summed E-state index contributed by atoms with van der Waals surface area (Å²) >= 11 is 0. The zero-order chi connectivity index (χ0) is 21.7. The summed E-state index contributed by atoms with van der Waals surface area (Å²) in [6.45, 7) is 6.52. The number of nitrogens with one attached hydrogen (secondary N) is 2. The van der Waals surface area contributed by atoms with Gasteiger partial charge in [-0.3, -0.25) is 14.3 Å². The molecule has 1 heterocycles. The quantitative estimate of drug-likeness (QED) is 0.649. The molecule has 0 radical (unpaired) electrons. The van der Waals surface area contributed by atoms with Crippen molar-refractivity contribution >= 4 is 22.7 Å². The molecule has 0 bridgehead atoms. The van der Waals surface area contributed by atoms with E-state index < -0.39 is 11.5 Å². The summed E-state index contributed by atoms with van der Waals surface area (Å²) in [6.07, 6.45) is 6.22. The number of hydrogen-bond donors (Lipinski definition) is 3. The molecule has 0 aliphatic heterocycles. The Kier molecular flexibility index (Phi) is 7.13. The number of amides is 2. The second kappa shape index (κ2) is 9.60. The molecule has 3 N–H and O–H groups in total. The van der Waals surface area contributed by atoms with Crippen LogP contribution in [0.4, 0.5) is 0 Å². The van der Waals surface area contributed by atoms with Crippen molar-refractivity contribution in [2.24, 2.45) is 11.3 Å². The SMILES string of the molecule is CC(C)(C)[C@H](NC(=O)c1nn(CC2CCCCC2)c2ccccc12)C(=O)NCCO. The van der Waals surface area contributed by atoms with Gasteiger partial charge in [-0.25, -0.2) is 0 Å². The smallest absolute Gasteiger partial charge is 0.273 e. The van der Waals surface area contributed by atoms with Crippen molar-refractivity contribution in [1.29, 1.82) is 0 Å². The summed E-state index contributed by atoms with van der Waals surface area (Å²) in [5.74, 6) is -0.0759. The lowest BCUT2D eigenvalue weighted by Gasteiger charge is -2.30. The highest BCUT2D eigenvalue weighted by Crippen LogP contribution is 2.27. The number of carbonyl (C=O) groups excluding carboxylic acids is 2. The van der Waals surface area contributed by atoms with Gasteiger partial charge in [0.05, 0.1) is 12.1 Å². The molecule has 3 rings (SSSR count). The molecule has 0 spiro atoms. The first kappa shape index (κ1) is 22.3. The maximum Gasteiger partial charge on any atom is 0.273 e. The minimum atomic E-state index is -0.737. The maximum absolute atomic E-state index is 13.2. The van der Waals surface area contributed by atoms with Crippen LogP contribution in [0.5, 0.6) is 0 Å². The number of fused-ring (bicyclic) bond motifs is 1. The van der Waals surface area contributed by atoms with Crippen molar-refractivity contribution in [1.82, 2.24) is 20.4 Å². The molecule has 7 nitrogen and oxygen atoms in total. The molecule has 1 aliphatic carbocycles. The van der Waals surface area contributed by atoms with Gasteiger partial charge in [0.15, 0.2) is 5.69 Å². The lowest BCUT2D eigenvalue weighted by molar-refractivity contribution is -0.125. The van der Waals surface area contributed by atoms with Crippen LogP contribution in [0.1, 0.15) is 63.4 Å². The normalized spacial score (nSPS) is 16.4. The van der Waals surface area contributed by atoms with Crippen LogP contribution in [0.2, 0.25) is 0 Å². The maximum atomic E-state index is 13.2. The van der Waals surface area contributed by atoms with E-state index in [0.29, 0.717) is 11.6 Å². The number of para-hydroxylation sites is 1. The third kappa shape index (κ3) is 5.19. The first-order valence-electron chi connectivity index (χ1n) is 11.0. The summed E-state index contributed by atoms with van der Waals surface area (Å²) in [5, 5.41) is 20.0. The van der Waals surface area contributed by atoms with E-state index in [4.69, 9.17) is 5.11 Å². The second-order valence-corrected chi connectivity index (χ2v) is 9.34. The molecule has 30 heavy (non-hydrogen) atoms. The summed E-state index contributed by atoms with van der Waals surface area (Å²) in [5.41, 5.74) is 0.811. The molecule has 2 aromatic rings. The van der Waals surface area contributed by atoms with Gasteiger partial charge in [0, 0.05) is 18.5 Å². The van der Waals surface area contributed by atoms with E-state index in [1.807, 2.05) is 49.7 Å². The number of hydrogen-bond acceptors (Lipinski definition) is 4. The van der Waals surface area contributed by atoms with Gasteiger partial charge in [-0.1, -0.05) is 58.2 Å². The molecule has 1 aliphatic rings. The van der Waals surface area contributed by atoms with E-state index >= 15 is 0 Å². The minimum Gasteiger partial charge on any atom is -0.395 e. The van der Waals surface area contributed by atoms with Gasteiger partial charge in [-0.05, 0) is 30.2 Å². The molecule has 164 valence electrons. The van der Waals surface area contributed by atoms with E-state index in [9.17, 15) is 9.59 Å². The van der Waals surface area contributed by atoms with Crippen molar-refractivity contribution in [2.45, 2.75) is 65.5 Å². The summed E-state index contributed by atoms with van der Waals surface area (Å²) in [7, 11) is 0. The molecule has 1 saturated carbocycles. The summed E-state index contributed by atoms with van der Waals surface area (Å²) < 4.78 is 1.96. The number of nitrogens with zero attached hydrogens (tertiary/aromatic N) is 2. The zero-order valence-electron chi connectivity index (χ0n) is 18.3. The Balaban J connectivity index is 1.85. The van der Waals surface area contributed by atoms with Gasteiger partial charge < -0.3 is 15.7 Å². The zero-order valence-corrected chi connectivity index (χ0v) is 18.3. The van der Waals surface area contributed by atoms with Crippen molar-refractivity contribution in [3.63, 3.8) is 0 Å². The largest absolute Gasteiger partial charge is 0.395 e. The number of aliphatic hydroxyl groups is 1. The number of carbonyl (C=O) groups is 2. The highest BCUT2D eigenvalue weighted by Gasteiger charge is 2.34. The molecule has 1 aromatic carbocycles. The molecule has 1 atom stereocenters. The highest BCUT2D eigenvalue weighted by atomic mass is 16.3. The molecule has 0 unspecified atom stereocenters. The Labute approximate surface area is 178 Å². The molecular formula is C23H34N4O3. The fourth-order valence-corrected chi connectivity index (χ4v) is 4.20. The van der Waals surface area contributed by atoms with Gasteiger partial charge in [0.2, 0.25) is 5.91 Å². The Bertz CT molecular complexity index is 878. The molecule has 1 aromatic heterocycles. The predicted octanol–water partition coefficient (Wildman–Crippen LogP) is 2.87. The van der Waals surface area contributed by atoms with E-state index in [1.54, 1.807) is 0 Å². The van der Waals surface area contributed by atoms with Crippen LogP contribution >= 0.6 is 0 Å². The van der Waals surface area contributed by atoms with Crippen molar-refractivity contribution in [2.75, 3.05) is 13.2 Å². The first-order valence-corrected chi connectivity index (χ1v) is 11.0. The number of aliphatic hydroxyl groups excluding tert-OH is 1. The van der Waals surface area contributed by atoms with Crippen LogP contribution < -0.4 is 10.6 Å². The van der Waals surface area contributed by atoms with Crippen LogP contribution in [0.15, 0.2) is 24.3 Å². The number of rotatable bonds is 7. The van der Waals surface area contributed by atoms with Crippen molar-refractivity contribution in [3.05, 3.63) is 30.0 Å². The topological polar surface area (TPSA) is 96.2 Å². The van der Waals surface area contributed by atoms with E-state index in [-0.39, 0.29) is 25.0 Å². The lowest BCUT2D eigenvalue weighted by atomic mass is 9.86. The third-order valence-electron chi connectivity index (χ3n) is 5.84. The van der Waals surface area contributed by atoms with Crippen LogP contribution in [0.3, 0.4) is 0 Å². The van der Waals surface area contributed by atoms with Gasteiger partial charge in [0.1, 0.15) is 6.04 Å². The van der Waals surface area contributed by atoms with Crippen LogP contribution in [-0.4, -0.2) is 45.9 Å². The standard InChI is InChI=1S/C23H34N4O3/c1-23(2,3)20(22(30)24-13-14-28)25-21(29)19-17-11-7-8-12-18(17)27(26-19)15-16-9-5-4-6-10-16/h7-8,11-12,16,20,28H,4-6,9-10,13-15H2,1-3H3,(H,24,30)(H,25,29)/t20-/m1/s1. The molecular weight excluding hydrogens is 380 g/mol. The fraction of sp³-hybridized carbons (Fsp3) is 0.609. The molecule has 2 amide bonds. The Morgan fingerprint density at radius 3 is 2.57 bits per heavy atom. The summed E-state index contributed by atoms with van der Waals surface area (Å²) in [6, 6.07) is 7.03. The van der Waals surface area contributed by atoms with Gasteiger partial charge in [0.25, 0.3) is 5.91 Å². The van der Waals surface area contributed by atoms with Gasteiger partial charge in [-0.2, -0.15) is 5.10 Å². The molecule has 0 saturated heterocycles. The Morgan fingerprint density at radius 1 is 1.20 bits per heavy atom. The predicted molar refractivity (Wildman–Crippen MR) is 117 cm³/mol. The molecule has 1 fully saturated rings. The minimum absolute atomic E-state index is 0.146. The Morgan fingerprint density at radius 2 is 1.90 bits per heavy atom. The van der Waals surface area contributed by atoms with Gasteiger partial charge >= 0.3 is 0 Å². The lowest BCUT2D eigenvalue weighted by Crippen LogP contribution is -2.54. The summed E-state index contributed by atoms with van der Waals surface area (Å²) in [4.78, 5) is 25.8. The van der Waals surface area contributed by atoms with Crippen LogP contribution in [0, 0.1) is 11.3 Å². The number of aromatic nitrogens is 2. The highest BCUT2D eigenvalue weighted by molar-refractivity contribution is 6.06. The first-order chi connectivity index (χ1) is 14.3. The molecule has 7 heteroatoms. The fourth-order valence-electron chi connectivity index (χ4n) is 4.20. The third-order valence-corrected chi connectivity index (χ3v) is 5.84. The van der Waals surface area contributed by atoms with E-state index in [2.05, 4.69) is 15.7 Å². The average molecular weight is 415 g/mol. The Hall–Kier alpha value is -2.41. The average Bonchev–Trinajstić information content (AvgIpc) is 3.08. The van der Waals surface area contributed by atoms with E-state index in [1.165, 1.54) is 32.1 Å². The second-order valence-electron chi connectivity index (χ2n) is 9.34. The number of benzene rings is 1. The van der Waals surface area contributed by atoms with Crippen LogP contribution in [0.25, 0.3) is 10.9 Å². The van der Waals surface area contributed by atoms with E-state index in [0.717, 1.165) is 17.4 Å². The monoisotopic (exact) mass is 414 g/mol. The van der Waals surface area contributed by atoms with Crippen LogP contribution in [-0.2, 0) is 11.3 Å². The van der Waals surface area contributed by atoms with Gasteiger partial charge in [-0.15, -0.1) is 0 Å². The van der Waals surface area contributed by atoms with Crippen molar-refractivity contribution < 1.29 is 14.7 Å².